The van der Waals surface area contributed by atoms with Gasteiger partial charge < -0.3 is 20.5 Å². The third-order valence-electron chi connectivity index (χ3n) is 9.15. The molecule has 0 bridgehead atoms. The monoisotopic (exact) mass is 446 g/mol. The Labute approximate surface area is 190 Å². The van der Waals surface area contributed by atoms with Gasteiger partial charge in [-0.25, -0.2) is 4.79 Å². The molecule has 1 heterocycles. The fourth-order valence-corrected chi connectivity index (χ4v) is 7.61. The molecule has 7 atom stereocenters. The zero-order valence-corrected chi connectivity index (χ0v) is 19.8. The molecule has 0 aromatic heterocycles. The Bertz CT molecular complexity index is 823. The van der Waals surface area contributed by atoms with Crippen LogP contribution in [-0.2, 0) is 19.1 Å². The summed E-state index contributed by atoms with van der Waals surface area (Å²) in [5, 5.41) is 15.1. The first-order valence-electron chi connectivity index (χ1n) is 12.1. The molecule has 178 valence electrons. The van der Waals surface area contributed by atoms with Crippen LogP contribution < -0.4 is 10.6 Å². The van der Waals surface area contributed by atoms with Crippen molar-refractivity contribution in [1.29, 1.82) is 0 Å². The maximum absolute atomic E-state index is 13.4. The van der Waals surface area contributed by atoms with Gasteiger partial charge in [-0.05, 0) is 81.6 Å². The van der Waals surface area contributed by atoms with E-state index in [9.17, 15) is 14.4 Å². The number of carboxylic acids is 1. The van der Waals surface area contributed by atoms with Crippen molar-refractivity contribution in [3.05, 3.63) is 12.2 Å². The highest BCUT2D eigenvalue weighted by Gasteiger charge is 2.61. The number of carbonyl (C=O) groups is 3. The molecule has 0 aromatic rings. The predicted molar refractivity (Wildman–Crippen MR) is 120 cm³/mol. The summed E-state index contributed by atoms with van der Waals surface area (Å²) in [5.41, 5.74) is -0.634. The van der Waals surface area contributed by atoms with Crippen LogP contribution in [0.5, 0.6) is 0 Å². The molecule has 4 aliphatic rings. The van der Waals surface area contributed by atoms with Crippen molar-refractivity contribution < 1.29 is 24.2 Å². The van der Waals surface area contributed by atoms with Gasteiger partial charge in [-0.2, -0.15) is 0 Å². The maximum atomic E-state index is 13.4. The fourth-order valence-electron chi connectivity index (χ4n) is 7.61. The lowest BCUT2D eigenvalue weighted by atomic mass is 9.48. The molecule has 0 spiro atoms. The van der Waals surface area contributed by atoms with Gasteiger partial charge in [-0.3, -0.25) is 9.59 Å². The van der Waals surface area contributed by atoms with Crippen molar-refractivity contribution in [1.82, 2.24) is 10.6 Å². The van der Waals surface area contributed by atoms with Crippen LogP contribution in [-0.4, -0.2) is 47.7 Å². The van der Waals surface area contributed by atoms with E-state index in [0.29, 0.717) is 17.8 Å². The number of nitrogens with one attached hydrogen (secondary N) is 2. The normalized spacial score (nSPS) is 40.6. The zero-order valence-electron chi connectivity index (χ0n) is 19.8. The summed E-state index contributed by atoms with van der Waals surface area (Å²) < 4.78 is 5.24. The lowest BCUT2D eigenvalue weighted by molar-refractivity contribution is -0.143. The van der Waals surface area contributed by atoms with Crippen LogP contribution in [0.4, 0.5) is 0 Å². The molecule has 7 heteroatoms. The largest absolute Gasteiger partial charge is 0.480 e. The van der Waals surface area contributed by atoms with Gasteiger partial charge in [0.2, 0.25) is 11.8 Å². The van der Waals surface area contributed by atoms with Gasteiger partial charge in [-0.1, -0.05) is 19.9 Å². The molecule has 0 unspecified atom stereocenters. The summed E-state index contributed by atoms with van der Waals surface area (Å²) >= 11 is 0. The summed E-state index contributed by atoms with van der Waals surface area (Å²) in [4.78, 5) is 36.0. The molecule has 7 nitrogen and oxygen atoms in total. The molecule has 3 fully saturated rings. The number of hydrogen-bond donors (Lipinski definition) is 3. The van der Waals surface area contributed by atoms with Crippen molar-refractivity contribution in [2.75, 3.05) is 13.2 Å². The van der Waals surface area contributed by atoms with E-state index in [1.165, 1.54) is 0 Å². The second kappa shape index (κ2) is 8.15. The minimum absolute atomic E-state index is 0.00196. The minimum atomic E-state index is -1.01. The number of amides is 2. The van der Waals surface area contributed by atoms with Crippen LogP contribution in [0.3, 0.4) is 0 Å². The van der Waals surface area contributed by atoms with Crippen LogP contribution in [0.2, 0.25) is 0 Å². The number of aliphatic carboxylic acids is 1. The molecule has 3 aliphatic carbocycles. The van der Waals surface area contributed by atoms with E-state index in [0.717, 1.165) is 38.5 Å². The number of hydrogen-bond acceptors (Lipinski definition) is 4. The van der Waals surface area contributed by atoms with Crippen LogP contribution in [0.15, 0.2) is 12.2 Å². The quantitative estimate of drug-likeness (QED) is 0.582. The average molecular weight is 447 g/mol. The predicted octanol–water partition coefficient (Wildman–Crippen LogP) is 2.90. The fraction of sp³-hybridized carbons (Fsp3) is 0.800. The molecule has 4 rings (SSSR count). The van der Waals surface area contributed by atoms with Gasteiger partial charge in [0.1, 0.15) is 6.61 Å². The molecule has 32 heavy (non-hydrogen) atoms. The number of ether oxygens (including phenoxy) is 1. The Morgan fingerprint density at radius 1 is 1.19 bits per heavy atom. The van der Waals surface area contributed by atoms with E-state index in [2.05, 4.69) is 30.6 Å². The lowest BCUT2D eigenvalue weighted by Gasteiger charge is -2.58. The maximum Gasteiger partial charge on any atom is 0.329 e. The van der Waals surface area contributed by atoms with Crippen molar-refractivity contribution in [2.24, 2.45) is 34.5 Å². The van der Waals surface area contributed by atoms with E-state index >= 15 is 0 Å². The Morgan fingerprint density at radius 3 is 2.66 bits per heavy atom. The highest BCUT2D eigenvalue weighted by atomic mass is 16.5. The molecule has 0 saturated heterocycles. The first kappa shape index (κ1) is 23.3. The van der Waals surface area contributed by atoms with E-state index in [4.69, 9.17) is 9.84 Å². The van der Waals surface area contributed by atoms with E-state index in [1.54, 1.807) is 6.08 Å². The van der Waals surface area contributed by atoms with E-state index < -0.39 is 11.5 Å². The molecule has 1 aliphatic heterocycles. The van der Waals surface area contributed by atoms with E-state index in [-0.39, 0.29) is 47.8 Å². The lowest BCUT2D eigenvalue weighted by Crippen LogP contribution is -2.60. The Hall–Kier alpha value is -1.89. The Morgan fingerprint density at radius 2 is 1.94 bits per heavy atom. The second-order valence-corrected chi connectivity index (χ2v) is 11.6. The smallest absolute Gasteiger partial charge is 0.329 e. The van der Waals surface area contributed by atoms with Crippen molar-refractivity contribution in [3.63, 3.8) is 0 Å². The van der Waals surface area contributed by atoms with Crippen LogP contribution >= 0.6 is 0 Å². The highest BCUT2D eigenvalue weighted by Crippen LogP contribution is 2.65. The molecular weight excluding hydrogens is 408 g/mol. The third-order valence-corrected chi connectivity index (χ3v) is 9.15. The van der Waals surface area contributed by atoms with Gasteiger partial charge in [0, 0.05) is 17.4 Å². The summed E-state index contributed by atoms with van der Waals surface area (Å²) in [6.45, 7) is 8.19. The molecule has 3 saturated carbocycles. The number of carbonyl (C=O) groups excluding carboxylic acids is 2. The first-order valence-corrected chi connectivity index (χ1v) is 12.1. The molecule has 3 N–H and O–H groups in total. The summed E-state index contributed by atoms with van der Waals surface area (Å²) in [6, 6.07) is 0.220. The molecular formula is C25H38N2O5. The summed E-state index contributed by atoms with van der Waals surface area (Å²) in [7, 11) is 0. The second-order valence-electron chi connectivity index (χ2n) is 11.6. The number of fused-ring (bicyclic) bond motifs is 5. The Balaban J connectivity index is 1.46. The zero-order chi connectivity index (χ0) is 23.3. The van der Waals surface area contributed by atoms with Gasteiger partial charge >= 0.3 is 5.97 Å². The third kappa shape index (κ3) is 3.97. The Kier molecular flexibility index (Phi) is 5.93. The van der Waals surface area contributed by atoms with Gasteiger partial charge in [-0.15, -0.1) is 0 Å². The van der Waals surface area contributed by atoms with Gasteiger partial charge in [0.15, 0.2) is 0 Å². The van der Waals surface area contributed by atoms with Crippen LogP contribution in [0, 0.1) is 34.5 Å². The van der Waals surface area contributed by atoms with Crippen LogP contribution in [0.25, 0.3) is 0 Å². The number of rotatable bonds is 6. The molecule has 0 aromatic carbocycles. The number of carboxylic acid groups (broad SMARTS) is 1. The topological polar surface area (TPSA) is 105 Å². The first-order chi connectivity index (χ1) is 15.0. The SMILES string of the molecule is CC(C)(COCC(=O)O)NC(=O)[C@H]1CC[C@H]2[C@@H]3CC[C@H]4NC(=O)C=C[C@]4(C)[C@H]3CC[C@]12C. The summed E-state index contributed by atoms with van der Waals surface area (Å²) in [5.74, 6) is 0.705. The van der Waals surface area contributed by atoms with Crippen molar-refractivity contribution in [2.45, 2.75) is 77.8 Å². The summed E-state index contributed by atoms with van der Waals surface area (Å²) in [6.07, 6.45) is 10.1. The highest BCUT2D eigenvalue weighted by molar-refractivity contribution is 5.89. The molecule has 2 amide bonds. The van der Waals surface area contributed by atoms with Crippen molar-refractivity contribution in [3.8, 4) is 0 Å². The standard InChI is InChI=1S/C25H38N2O5/c1-23(2,14-32-13-21(29)30)27-22(31)18-7-6-16-15-5-8-19-25(4,12-10-20(28)26-19)17(15)9-11-24(16,18)3/h10,12,15-19H,5-9,11,13-14H2,1-4H3,(H,26,28)(H,27,31)(H,29,30)/t15-,16-,17-,18+,19+,24-,25+/m0/s1. The molecule has 0 radical (unpaired) electrons. The van der Waals surface area contributed by atoms with Crippen LogP contribution in [0.1, 0.15) is 66.2 Å². The van der Waals surface area contributed by atoms with E-state index in [1.807, 2.05) is 13.8 Å². The van der Waals surface area contributed by atoms with Gasteiger partial charge in [0.05, 0.1) is 12.1 Å². The minimum Gasteiger partial charge on any atom is -0.480 e. The van der Waals surface area contributed by atoms with Crippen molar-refractivity contribution >= 4 is 17.8 Å². The van der Waals surface area contributed by atoms with Gasteiger partial charge in [0.25, 0.3) is 0 Å². The average Bonchev–Trinajstić information content (AvgIpc) is 3.05.